The second-order valence-electron chi connectivity index (χ2n) is 5.06. The van der Waals surface area contributed by atoms with Gasteiger partial charge in [0, 0.05) is 0 Å². The van der Waals surface area contributed by atoms with Crippen LogP contribution in [0.1, 0.15) is 11.1 Å². The molecule has 90 valence electrons. The summed E-state index contributed by atoms with van der Waals surface area (Å²) in [5.41, 5.74) is 2.48. The smallest absolute Gasteiger partial charge is 0.179 e. The highest BCUT2D eigenvalue weighted by atomic mass is 16.1. The normalized spacial score (nSPS) is 15.7. The van der Waals surface area contributed by atoms with E-state index in [-0.39, 0.29) is 5.78 Å². The third-order valence-electron chi connectivity index (χ3n) is 3.77. The number of fused-ring (bicyclic) bond motifs is 3. The Morgan fingerprint density at radius 2 is 1.74 bits per heavy atom. The SMILES string of the molecule is O=C1C=Cc2cc3cc4c(cc3cc2=C1)CC=CC=4. The highest BCUT2D eigenvalue weighted by Gasteiger charge is 2.06. The summed E-state index contributed by atoms with van der Waals surface area (Å²) in [4.78, 5) is 11.4. The van der Waals surface area contributed by atoms with Crippen LogP contribution >= 0.6 is 0 Å². The lowest BCUT2D eigenvalue weighted by molar-refractivity contribution is -0.109. The molecule has 1 heteroatoms. The molecule has 1 nitrogen and oxygen atoms in total. The summed E-state index contributed by atoms with van der Waals surface area (Å²) in [7, 11) is 0. The van der Waals surface area contributed by atoms with Crippen LogP contribution in [0.5, 0.6) is 0 Å². The van der Waals surface area contributed by atoms with Gasteiger partial charge >= 0.3 is 0 Å². The van der Waals surface area contributed by atoms with Gasteiger partial charge in [0.25, 0.3) is 0 Å². The van der Waals surface area contributed by atoms with Crippen LogP contribution in [0.15, 0.2) is 42.5 Å². The van der Waals surface area contributed by atoms with Crippen LogP contribution in [0.3, 0.4) is 0 Å². The van der Waals surface area contributed by atoms with Gasteiger partial charge in [-0.05, 0) is 69.1 Å². The van der Waals surface area contributed by atoms with Crippen molar-refractivity contribution in [3.63, 3.8) is 0 Å². The molecule has 0 fully saturated rings. The predicted molar refractivity (Wildman–Crippen MR) is 79.0 cm³/mol. The first-order chi connectivity index (χ1) is 9.29. The summed E-state index contributed by atoms with van der Waals surface area (Å²) in [6.45, 7) is 0. The molecule has 0 bridgehead atoms. The van der Waals surface area contributed by atoms with Crippen LogP contribution in [0.4, 0.5) is 0 Å². The third kappa shape index (κ3) is 1.66. The average molecular weight is 244 g/mol. The second kappa shape index (κ2) is 3.79. The van der Waals surface area contributed by atoms with Crippen LogP contribution in [-0.4, -0.2) is 5.78 Å². The zero-order valence-electron chi connectivity index (χ0n) is 10.4. The summed E-state index contributed by atoms with van der Waals surface area (Å²) in [6, 6.07) is 8.75. The van der Waals surface area contributed by atoms with Gasteiger partial charge in [-0.3, -0.25) is 4.79 Å². The van der Waals surface area contributed by atoms with Crippen LogP contribution in [0.2, 0.25) is 0 Å². The Morgan fingerprint density at radius 1 is 0.895 bits per heavy atom. The highest BCUT2D eigenvalue weighted by molar-refractivity contribution is 6.17. The van der Waals surface area contributed by atoms with E-state index in [4.69, 9.17) is 0 Å². The Morgan fingerprint density at radius 3 is 2.68 bits per heavy atom. The van der Waals surface area contributed by atoms with Crippen molar-refractivity contribution in [3.8, 4) is 0 Å². The summed E-state index contributed by atoms with van der Waals surface area (Å²) in [6.07, 6.45) is 12.7. The van der Waals surface area contributed by atoms with Crippen LogP contribution in [-0.2, 0) is 11.2 Å². The zero-order valence-corrected chi connectivity index (χ0v) is 10.4. The molecule has 4 rings (SSSR count). The minimum absolute atomic E-state index is 0.0704. The fraction of sp³-hybridized carbons (Fsp3) is 0.0556. The Kier molecular flexibility index (Phi) is 2.10. The fourth-order valence-corrected chi connectivity index (χ4v) is 2.79. The highest BCUT2D eigenvalue weighted by Crippen LogP contribution is 2.16. The molecule has 2 aliphatic carbocycles. The number of hydrogen-bond donors (Lipinski definition) is 0. The molecule has 19 heavy (non-hydrogen) atoms. The first kappa shape index (κ1) is 10.5. The lowest BCUT2D eigenvalue weighted by atomic mass is 9.95. The molecule has 0 saturated carbocycles. The molecule has 0 spiro atoms. The molecule has 0 aromatic heterocycles. The molecule has 0 N–H and O–H groups in total. The maximum absolute atomic E-state index is 11.4. The van der Waals surface area contributed by atoms with Gasteiger partial charge < -0.3 is 0 Å². The minimum atomic E-state index is 0.0704. The molecule has 0 aliphatic heterocycles. The lowest BCUT2D eigenvalue weighted by Crippen LogP contribution is -2.14. The Labute approximate surface area is 110 Å². The van der Waals surface area contributed by atoms with E-state index < -0.39 is 0 Å². The molecule has 0 atom stereocenters. The summed E-state index contributed by atoms with van der Waals surface area (Å²) in [5, 5.41) is 4.77. The monoisotopic (exact) mass is 244 g/mol. The maximum atomic E-state index is 11.4. The van der Waals surface area contributed by atoms with Gasteiger partial charge in [0.2, 0.25) is 0 Å². The van der Waals surface area contributed by atoms with E-state index in [1.54, 1.807) is 12.2 Å². The van der Waals surface area contributed by atoms with E-state index in [0.29, 0.717) is 0 Å². The maximum Gasteiger partial charge on any atom is 0.179 e. The largest absolute Gasteiger partial charge is 0.290 e. The lowest BCUT2D eigenvalue weighted by Gasteiger charge is -2.09. The Hall–Kier alpha value is -2.41. The van der Waals surface area contributed by atoms with Gasteiger partial charge in [0.1, 0.15) is 0 Å². The van der Waals surface area contributed by atoms with E-state index in [1.165, 1.54) is 21.6 Å². The molecule has 0 radical (unpaired) electrons. The molecule has 2 aliphatic rings. The number of benzene rings is 2. The summed E-state index contributed by atoms with van der Waals surface area (Å²) in [5.74, 6) is 0.0704. The van der Waals surface area contributed by atoms with E-state index in [9.17, 15) is 4.79 Å². The molecular formula is C18H12O. The van der Waals surface area contributed by atoms with Crippen molar-refractivity contribution in [2.45, 2.75) is 6.42 Å². The van der Waals surface area contributed by atoms with Gasteiger partial charge in [-0.2, -0.15) is 0 Å². The molecule has 0 amide bonds. The number of rotatable bonds is 0. The number of hydrogen-bond acceptors (Lipinski definition) is 1. The van der Waals surface area contributed by atoms with E-state index >= 15 is 0 Å². The van der Waals surface area contributed by atoms with Crippen LogP contribution in [0.25, 0.3) is 29.0 Å². The standard InChI is InChI=1S/C18H12O/c19-18-6-5-14-9-15-7-12-3-1-2-4-13(12)8-16(15)10-17(14)11-18/h1-3,5-11H,4H2. The zero-order chi connectivity index (χ0) is 12.8. The van der Waals surface area contributed by atoms with Crippen molar-refractivity contribution in [2.24, 2.45) is 0 Å². The van der Waals surface area contributed by atoms with E-state index in [2.05, 4.69) is 42.5 Å². The van der Waals surface area contributed by atoms with Crippen molar-refractivity contribution in [3.05, 3.63) is 64.1 Å². The number of ketones is 1. The van der Waals surface area contributed by atoms with Crippen molar-refractivity contribution in [2.75, 3.05) is 0 Å². The second-order valence-corrected chi connectivity index (χ2v) is 5.06. The van der Waals surface area contributed by atoms with Gasteiger partial charge in [0.15, 0.2) is 5.78 Å². The molecule has 0 heterocycles. The first-order valence-corrected chi connectivity index (χ1v) is 6.47. The van der Waals surface area contributed by atoms with Crippen LogP contribution in [0, 0.1) is 0 Å². The number of allylic oxidation sites excluding steroid dienone is 3. The van der Waals surface area contributed by atoms with Crippen molar-refractivity contribution >= 4 is 34.8 Å². The Bertz CT molecular complexity index is 895. The van der Waals surface area contributed by atoms with Gasteiger partial charge in [-0.25, -0.2) is 0 Å². The molecule has 2 aromatic carbocycles. The number of carbonyl (C=O) groups is 1. The number of carbonyl (C=O) groups excluding carboxylic acids is 1. The van der Waals surface area contributed by atoms with Crippen molar-refractivity contribution < 1.29 is 4.79 Å². The van der Waals surface area contributed by atoms with Crippen molar-refractivity contribution in [1.82, 2.24) is 0 Å². The van der Waals surface area contributed by atoms with Crippen LogP contribution < -0.4 is 10.4 Å². The minimum Gasteiger partial charge on any atom is -0.290 e. The van der Waals surface area contributed by atoms with Gasteiger partial charge in [-0.1, -0.05) is 30.4 Å². The summed E-state index contributed by atoms with van der Waals surface area (Å²) < 4.78 is 0. The predicted octanol–water partition coefficient (Wildman–Crippen LogP) is 2.11. The third-order valence-corrected chi connectivity index (χ3v) is 3.77. The topological polar surface area (TPSA) is 17.1 Å². The first-order valence-electron chi connectivity index (χ1n) is 6.47. The molecule has 2 aromatic rings. The van der Waals surface area contributed by atoms with E-state index in [1.807, 2.05) is 6.08 Å². The molecule has 0 saturated heterocycles. The molecule has 0 unspecified atom stereocenters. The van der Waals surface area contributed by atoms with Crippen molar-refractivity contribution in [1.29, 1.82) is 0 Å². The molecular weight excluding hydrogens is 232 g/mol. The quantitative estimate of drug-likeness (QED) is 0.693. The Balaban J connectivity index is 2.10. The van der Waals surface area contributed by atoms with E-state index in [0.717, 1.165) is 17.2 Å². The fourth-order valence-electron chi connectivity index (χ4n) is 2.79. The van der Waals surface area contributed by atoms with Gasteiger partial charge in [-0.15, -0.1) is 0 Å². The average Bonchev–Trinajstić information content (AvgIpc) is 2.43. The van der Waals surface area contributed by atoms with Gasteiger partial charge in [0.05, 0.1) is 0 Å². The summed E-state index contributed by atoms with van der Waals surface area (Å²) >= 11 is 0.